The van der Waals surface area contributed by atoms with E-state index in [4.69, 9.17) is 4.74 Å². The molecule has 0 aliphatic heterocycles. The Balaban J connectivity index is 2.11. The zero-order valence-electron chi connectivity index (χ0n) is 23.4. The first-order valence-corrected chi connectivity index (χ1v) is 15.7. The van der Waals surface area contributed by atoms with Crippen molar-refractivity contribution in [2.75, 3.05) is 13.2 Å². The molecular weight excluding hydrogens is 547 g/mol. The number of hydrogen-bond acceptors (Lipinski definition) is 11. The molecule has 0 radical (unpaired) electrons. The molecule has 6 unspecified atom stereocenters. The van der Waals surface area contributed by atoms with E-state index in [-0.39, 0.29) is 6.42 Å². The van der Waals surface area contributed by atoms with Crippen LogP contribution in [0.3, 0.4) is 0 Å². The van der Waals surface area contributed by atoms with E-state index in [0.717, 1.165) is 44.9 Å². The molecule has 12 nitrogen and oxygen atoms in total. The van der Waals surface area contributed by atoms with Crippen molar-refractivity contribution >= 4 is 13.8 Å². The summed E-state index contributed by atoms with van der Waals surface area (Å²) in [5, 5.41) is 58.5. The van der Waals surface area contributed by atoms with Crippen LogP contribution in [-0.2, 0) is 23.1 Å². The van der Waals surface area contributed by atoms with Crippen molar-refractivity contribution in [3.05, 3.63) is 24.3 Å². The fourth-order valence-corrected chi connectivity index (χ4v) is 5.05. The average Bonchev–Trinajstić information content (AvgIpc) is 2.93. The van der Waals surface area contributed by atoms with E-state index in [1.165, 1.54) is 19.3 Å². The highest BCUT2D eigenvalue weighted by molar-refractivity contribution is 7.47. The minimum atomic E-state index is -4.99. The number of phosphoric acid groups is 1. The van der Waals surface area contributed by atoms with Crippen LogP contribution in [0.5, 0.6) is 0 Å². The summed E-state index contributed by atoms with van der Waals surface area (Å²) in [6, 6.07) is 0. The maximum atomic E-state index is 12.1. The number of carbonyl (C=O) groups excluding carboxylic acids is 1. The Morgan fingerprint density at radius 1 is 0.775 bits per heavy atom. The second-order valence-corrected chi connectivity index (χ2v) is 11.5. The highest BCUT2D eigenvalue weighted by Crippen LogP contribution is 2.47. The highest BCUT2D eigenvalue weighted by atomic mass is 31.2. The van der Waals surface area contributed by atoms with Gasteiger partial charge in [-0.3, -0.25) is 13.8 Å². The number of aliphatic hydroxyl groups excluding tert-OH is 6. The van der Waals surface area contributed by atoms with Gasteiger partial charge in [-0.25, -0.2) is 4.57 Å². The number of carbonyl (C=O) groups is 1. The minimum absolute atomic E-state index is 0.174. The first kappa shape index (κ1) is 36.8. The van der Waals surface area contributed by atoms with Gasteiger partial charge in [0.1, 0.15) is 49.3 Å². The molecule has 1 aliphatic rings. The normalized spacial score (nSPS) is 27.7. The molecule has 1 rings (SSSR count). The lowest BCUT2D eigenvalue weighted by Gasteiger charge is -2.41. The van der Waals surface area contributed by atoms with Gasteiger partial charge < -0.3 is 40.3 Å². The number of allylic oxidation sites excluding steroid dienone is 4. The Morgan fingerprint density at radius 2 is 1.30 bits per heavy atom. The van der Waals surface area contributed by atoms with Crippen LogP contribution in [0, 0.1) is 0 Å². The van der Waals surface area contributed by atoms with Crippen molar-refractivity contribution in [1.29, 1.82) is 0 Å². The Kier molecular flexibility index (Phi) is 19.0. The second-order valence-electron chi connectivity index (χ2n) is 10.1. The predicted octanol–water partition coefficient (Wildman–Crippen LogP) is 2.02. The van der Waals surface area contributed by atoms with Crippen LogP contribution < -0.4 is 0 Å². The van der Waals surface area contributed by atoms with Gasteiger partial charge in [-0.05, 0) is 38.5 Å². The van der Waals surface area contributed by atoms with Gasteiger partial charge in [-0.2, -0.15) is 0 Å². The zero-order valence-corrected chi connectivity index (χ0v) is 24.3. The van der Waals surface area contributed by atoms with Gasteiger partial charge in [0.2, 0.25) is 0 Å². The average molecular weight is 597 g/mol. The predicted molar refractivity (Wildman–Crippen MR) is 147 cm³/mol. The van der Waals surface area contributed by atoms with Gasteiger partial charge in [0.05, 0.1) is 6.61 Å². The SMILES string of the molecule is CCCCCC=CCC=CCCCCCCCC(=O)OCC(O)COP(=O)(O)OC1C(O)C(O)C(O)C(O)C1O. The molecule has 6 atom stereocenters. The van der Waals surface area contributed by atoms with Crippen LogP contribution in [0.4, 0.5) is 0 Å². The Morgan fingerprint density at radius 3 is 1.90 bits per heavy atom. The molecule has 0 heterocycles. The van der Waals surface area contributed by atoms with Crippen molar-refractivity contribution in [2.24, 2.45) is 0 Å². The number of unbranched alkanes of at least 4 members (excludes halogenated alkanes) is 8. The van der Waals surface area contributed by atoms with Crippen molar-refractivity contribution in [2.45, 2.75) is 127 Å². The second kappa shape index (κ2) is 20.7. The van der Waals surface area contributed by atoms with Gasteiger partial charge in [-0.1, -0.05) is 63.3 Å². The number of esters is 1. The van der Waals surface area contributed by atoms with Crippen LogP contribution in [0.2, 0.25) is 0 Å². The summed E-state index contributed by atoms with van der Waals surface area (Å²) in [5.74, 6) is -0.525. The van der Waals surface area contributed by atoms with Gasteiger partial charge in [0, 0.05) is 6.42 Å². The molecule has 0 aromatic rings. The molecule has 1 saturated carbocycles. The standard InChI is InChI=1S/C27H49O12P/c1-2-3-4-5-6-7-8-9-10-11-12-13-14-15-16-17-21(29)37-18-20(28)19-38-40(35,36)39-27-25(33)23(31)22(30)24(32)26(27)34/h6-7,9-10,20,22-28,30-34H,2-5,8,11-19H2,1H3,(H,35,36). The summed E-state index contributed by atoms with van der Waals surface area (Å²) in [5.41, 5.74) is 0. The van der Waals surface area contributed by atoms with Gasteiger partial charge in [0.15, 0.2) is 0 Å². The fraction of sp³-hybridized carbons (Fsp3) is 0.815. The Bertz CT molecular complexity index is 775. The van der Waals surface area contributed by atoms with Gasteiger partial charge in [-0.15, -0.1) is 0 Å². The van der Waals surface area contributed by atoms with Crippen LogP contribution in [0.15, 0.2) is 24.3 Å². The molecule has 40 heavy (non-hydrogen) atoms. The monoisotopic (exact) mass is 596 g/mol. The summed E-state index contributed by atoms with van der Waals surface area (Å²) in [6.45, 7) is 0.932. The lowest BCUT2D eigenvalue weighted by atomic mass is 9.85. The maximum Gasteiger partial charge on any atom is 0.472 e. The molecule has 0 aromatic carbocycles. The van der Waals surface area contributed by atoms with E-state index < -0.39 is 69.7 Å². The van der Waals surface area contributed by atoms with E-state index in [9.17, 15) is 44.9 Å². The van der Waals surface area contributed by atoms with E-state index in [1.807, 2.05) is 0 Å². The van der Waals surface area contributed by atoms with Crippen molar-refractivity contribution in [3.8, 4) is 0 Å². The molecular formula is C27H49O12P. The lowest BCUT2D eigenvalue weighted by Crippen LogP contribution is -2.64. The summed E-state index contributed by atoms with van der Waals surface area (Å²) in [7, 11) is -4.99. The zero-order chi connectivity index (χ0) is 30.0. The first-order chi connectivity index (χ1) is 19.0. The van der Waals surface area contributed by atoms with Crippen molar-refractivity contribution < 1.29 is 58.7 Å². The Labute approximate surface area is 236 Å². The largest absolute Gasteiger partial charge is 0.472 e. The number of ether oxygens (including phenoxy) is 1. The van der Waals surface area contributed by atoms with Crippen LogP contribution in [0.1, 0.15) is 84.0 Å². The van der Waals surface area contributed by atoms with Crippen LogP contribution in [0.25, 0.3) is 0 Å². The number of rotatable bonds is 21. The highest BCUT2D eigenvalue weighted by Gasteiger charge is 2.51. The van der Waals surface area contributed by atoms with Crippen molar-refractivity contribution in [3.63, 3.8) is 0 Å². The fourth-order valence-electron chi connectivity index (χ4n) is 4.08. The third kappa shape index (κ3) is 15.2. The van der Waals surface area contributed by atoms with E-state index in [0.29, 0.717) is 6.42 Å². The number of hydrogen-bond donors (Lipinski definition) is 7. The molecule has 0 aromatic heterocycles. The molecule has 1 aliphatic carbocycles. The summed E-state index contributed by atoms with van der Waals surface area (Å²) in [6.07, 6.45) is 7.40. The smallest absolute Gasteiger partial charge is 0.463 e. The quantitative estimate of drug-likeness (QED) is 0.0440. The lowest BCUT2D eigenvalue weighted by molar-refractivity contribution is -0.220. The number of phosphoric ester groups is 1. The molecule has 234 valence electrons. The van der Waals surface area contributed by atoms with E-state index in [2.05, 4.69) is 40.3 Å². The summed E-state index contributed by atoms with van der Waals surface area (Å²) < 4.78 is 26.3. The molecule has 7 N–H and O–H groups in total. The maximum absolute atomic E-state index is 12.1. The molecule has 0 spiro atoms. The Hall–Kier alpha value is -1.18. The van der Waals surface area contributed by atoms with Crippen molar-refractivity contribution in [1.82, 2.24) is 0 Å². The van der Waals surface area contributed by atoms with Crippen LogP contribution in [-0.4, -0.2) is 97.4 Å². The van der Waals surface area contributed by atoms with E-state index in [1.54, 1.807) is 0 Å². The van der Waals surface area contributed by atoms with Crippen LogP contribution >= 0.6 is 7.82 Å². The molecule has 1 fully saturated rings. The topological polar surface area (TPSA) is 203 Å². The third-order valence-electron chi connectivity index (χ3n) is 6.53. The minimum Gasteiger partial charge on any atom is -0.463 e. The molecule has 13 heteroatoms. The number of aliphatic hydroxyl groups is 6. The molecule has 0 bridgehead atoms. The molecule has 0 saturated heterocycles. The first-order valence-electron chi connectivity index (χ1n) is 14.2. The molecule has 0 amide bonds. The van der Waals surface area contributed by atoms with Gasteiger partial charge >= 0.3 is 13.8 Å². The summed E-state index contributed by atoms with van der Waals surface area (Å²) in [4.78, 5) is 21.7. The van der Waals surface area contributed by atoms with E-state index >= 15 is 0 Å². The summed E-state index contributed by atoms with van der Waals surface area (Å²) >= 11 is 0. The van der Waals surface area contributed by atoms with Gasteiger partial charge in [0.25, 0.3) is 0 Å². The third-order valence-corrected chi connectivity index (χ3v) is 7.51.